The molecule has 0 aromatic rings. The van der Waals surface area contributed by atoms with Gasteiger partial charge in [0.15, 0.2) is 0 Å². The fraction of sp³-hybridized carbons (Fsp3) is 0.857. The van der Waals surface area contributed by atoms with Crippen LogP contribution < -0.4 is 0 Å². The van der Waals surface area contributed by atoms with Crippen LogP contribution in [0.15, 0.2) is 0 Å². The lowest BCUT2D eigenvalue weighted by Gasteiger charge is -2.39. The summed E-state index contributed by atoms with van der Waals surface area (Å²) >= 11 is 0. The Bertz CT molecular complexity index is 411. The normalized spacial score (nSPS) is 28.2. The molecule has 0 N–H and O–H groups in total. The summed E-state index contributed by atoms with van der Waals surface area (Å²) in [5.41, 5.74) is 0. The minimum Gasteiger partial charge on any atom is -0.340 e. The lowest BCUT2D eigenvalue weighted by atomic mass is 9.78. The number of carbonyl (C=O) groups excluding carboxylic acids is 1. The van der Waals surface area contributed by atoms with Gasteiger partial charge in [0.25, 0.3) is 0 Å². The van der Waals surface area contributed by atoms with Gasteiger partial charge in [-0.15, -0.1) is 0 Å². The van der Waals surface area contributed by atoms with E-state index in [1.54, 1.807) is 4.90 Å². The van der Waals surface area contributed by atoms with E-state index in [9.17, 15) is 18.0 Å². The highest BCUT2D eigenvalue weighted by Gasteiger charge is 2.49. The zero-order chi connectivity index (χ0) is 15.5. The number of hydrogen-bond acceptors (Lipinski definition) is 3. The fourth-order valence-corrected chi connectivity index (χ4v) is 3.28. The molecule has 118 valence electrons. The molecule has 1 saturated heterocycles. The molecule has 1 saturated carbocycles. The van der Waals surface area contributed by atoms with Crippen LogP contribution in [0.1, 0.15) is 25.7 Å². The van der Waals surface area contributed by atoms with Crippen LogP contribution in [0, 0.1) is 23.2 Å². The number of nitrogens with zero attached hydrogens (tertiary/aromatic N) is 3. The quantitative estimate of drug-likeness (QED) is 0.733. The predicted molar refractivity (Wildman–Crippen MR) is 70.1 cm³/mol. The van der Waals surface area contributed by atoms with Crippen LogP contribution in [0.5, 0.6) is 0 Å². The van der Waals surface area contributed by atoms with Crippen molar-refractivity contribution >= 4 is 5.91 Å². The second-order valence-electron chi connectivity index (χ2n) is 5.80. The summed E-state index contributed by atoms with van der Waals surface area (Å²) in [4.78, 5) is 15.9. The van der Waals surface area contributed by atoms with Crippen LogP contribution in [0.4, 0.5) is 13.2 Å². The van der Waals surface area contributed by atoms with Gasteiger partial charge in [0.05, 0.1) is 18.5 Å². The molecule has 0 spiro atoms. The van der Waals surface area contributed by atoms with Crippen molar-refractivity contribution in [2.24, 2.45) is 11.8 Å². The van der Waals surface area contributed by atoms with Crippen LogP contribution >= 0.6 is 0 Å². The first-order valence-electron chi connectivity index (χ1n) is 7.38. The van der Waals surface area contributed by atoms with E-state index in [0.717, 1.165) is 0 Å². The van der Waals surface area contributed by atoms with Crippen LogP contribution in [-0.2, 0) is 4.79 Å². The molecule has 0 radical (unpaired) electrons. The SMILES string of the molecule is N#CCN1CCN(C(=O)C2CCCCC2C(F)(F)F)CC1. The van der Waals surface area contributed by atoms with E-state index in [4.69, 9.17) is 5.26 Å². The standard InChI is InChI=1S/C14H20F3N3O/c15-14(16,17)12-4-2-1-3-11(12)13(21)20-9-7-19(6-5-18)8-10-20/h11-12H,1-4,6-10H2. The largest absolute Gasteiger partial charge is 0.392 e. The van der Waals surface area contributed by atoms with Crippen LogP contribution in [0.25, 0.3) is 0 Å². The second-order valence-corrected chi connectivity index (χ2v) is 5.80. The maximum Gasteiger partial charge on any atom is 0.392 e. The number of hydrogen-bond donors (Lipinski definition) is 0. The zero-order valence-electron chi connectivity index (χ0n) is 11.9. The van der Waals surface area contributed by atoms with Gasteiger partial charge in [-0.05, 0) is 12.8 Å². The summed E-state index contributed by atoms with van der Waals surface area (Å²) in [7, 11) is 0. The van der Waals surface area contributed by atoms with Gasteiger partial charge in [-0.2, -0.15) is 18.4 Å². The van der Waals surface area contributed by atoms with Gasteiger partial charge in [0.1, 0.15) is 0 Å². The number of alkyl halides is 3. The van der Waals surface area contributed by atoms with Crippen molar-refractivity contribution < 1.29 is 18.0 Å². The third-order valence-electron chi connectivity index (χ3n) is 4.48. The Hall–Kier alpha value is -1.29. The molecule has 1 amide bonds. The Kier molecular flexibility index (Phi) is 5.09. The molecule has 1 aliphatic heterocycles. The Labute approximate surface area is 122 Å². The molecule has 1 aliphatic carbocycles. The Morgan fingerprint density at radius 1 is 1.14 bits per heavy atom. The number of carbonyl (C=O) groups is 1. The van der Waals surface area contributed by atoms with Gasteiger partial charge in [-0.3, -0.25) is 9.69 Å². The number of rotatable bonds is 2. The summed E-state index contributed by atoms with van der Waals surface area (Å²) in [6.45, 7) is 2.26. The topological polar surface area (TPSA) is 47.3 Å². The summed E-state index contributed by atoms with van der Waals surface area (Å²) < 4.78 is 39.2. The maximum absolute atomic E-state index is 13.1. The van der Waals surface area contributed by atoms with Crippen molar-refractivity contribution in [1.29, 1.82) is 5.26 Å². The summed E-state index contributed by atoms with van der Waals surface area (Å²) in [6, 6.07) is 2.05. The molecule has 2 aliphatic rings. The van der Waals surface area contributed by atoms with Gasteiger partial charge >= 0.3 is 6.18 Å². The zero-order valence-corrected chi connectivity index (χ0v) is 11.9. The van der Waals surface area contributed by atoms with Crippen LogP contribution in [-0.4, -0.2) is 54.6 Å². The number of piperazine rings is 1. The van der Waals surface area contributed by atoms with Crippen molar-refractivity contribution in [1.82, 2.24) is 9.80 Å². The van der Waals surface area contributed by atoms with Gasteiger partial charge in [-0.25, -0.2) is 0 Å². The molecule has 2 unspecified atom stereocenters. The first kappa shape index (κ1) is 16.1. The first-order valence-corrected chi connectivity index (χ1v) is 7.38. The van der Waals surface area contributed by atoms with Gasteiger partial charge in [0, 0.05) is 32.1 Å². The van der Waals surface area contributed by atoms with Crippen molar-refractivity contribution in [2.45, 2.75) is 31.9 Å². The first-order chi connectivity index (χ1) is 9.93. The average Bonchev–Trinajstić information content (AvgIpc) is 2.47. The summed E-state index contributed by atoms with van der Waals surface area (Å²) in [5.74, 6) is -2.76. The summed E-state index contributed by atoms with van der Waals surface area (Å²) in [5, 5.41) is 8.62. The molecule has 2 atom stereocenters. The van der Waals surface area contributed by atoms with E-state index in [-0.39, 0.29) is 12.3 Å². The monoisotopic (exact) mass is 303 g/mol. The lowest BCUT2D eigenvalue weighted by Crippen LogP contribution is -2.52. The number of halogens is 3. The van der Waals surface area contributed by atoms with Crippen molar-refractivity contribution in [3.63, 3.8) is 0 Å². The Balaban J connectivity index is 1.97. The predicted octanol–water partition coefficient (Wildman–Crippen LogP) is 2.02. The molecule has 2 fully saturated rings. The van der Waals surface area contributed by atoms with Crippen molar-refractivity contribution in [2.75, 3.05) is 32.7 Å². The highest BCUT2D eigenvalue weighted by Crippen LogP contribution is 2.42. The van der Waals surface area contributed by atoms with E-state index in [1.807, 2.05) is 11.0 Å². The van der Waals surface area contributed by atoms with E-state index in [2.05, 4.69) is 0 Å². The summed E-state index contributed by atoms with van der Waals surface area (Å²) in [6.07, 6.45) is -2.65. The minimum absolute atomic E-state index is 0.0638. The number of nitriles is 1. The van der Waals surface area contributed by atoms with E-state index in [0.29, 0.717) is 52.0 Å². The molecule has 0 aromatic carbocycles. The highest BCUT2D eigenvalue weighted by molar-refractivity contribution is 5.79. The van der Waals surface area contributed by atoms with Gasteiger partial charge in [0.2, 0.25) is 5.91 Å². The molecule has 1 heterocycles. The molecule has 2 rings (SSSR count). The maximum atomic E-state index is 13.1. The molecule has 21 heavy (non-hydrogen) atoms. The fourth-order valence-electron chi connectivity index (χ4n) is 3.28. The van der Waals surface area contributed by atoms with E-state index in [1.165, 1.54) is 0 Å². The second kappa shape index (κ2) is 6.65. The Morgan fingerprint density at radius 3 is 2.33 bits per heavy atom. The molecule has 4 nitrogen and oxygen atoms in total. The third-order valence-corrected chi connectivity index (χ3v) is 4.48. The lowest BCUT2D eigenvalue weighted by molar-refractivity contribution is -0.201. The van der Waals surface area contributed by atoms with E-state index < -0.39 is 18.0 Å². The molecular weight excluding hydrogens is 283 g/mol. The van der Waals surface area contributed by atoms with Crippen molar-refractivity contribution in [3.05, 3.63) is 0 Å². The molecular formula is C14H20F3N3O. The smallest absolute Gasteiger partial charge is 0.340 e. The Morgan fingerprint density at radius 2 is 1.76 bits per heavy atom. The van der Waals surface area contributed by atoms with Gasteiger partial charge < -0.3 is 4.90 Å². The van der Waals surface area contributed by atoms with Crippen LogP contribution in [0.3, 0.4) is 0 Å². The molecule has 7 heteroatoms. The van der Waals surface area contributed by atoms with E-state index >= 15 is 0 Å². The average molecular weight is 303 g/mol. The van der Waals surface area contributed by atoms with Crippen LogP contribution in [0.2, 0.25) is 0 Å². The van der Waals surface area contributed by atoms with Gasteiger partial charge in [-0.1, -0.05) is 12.8 Å². The number of amides is 1. The molecule has 0 aromatic heterocycles. The molecule has 0 bridgehead atoms. The highest BCUT2D eigenvalue weighted by atomic mass is 19.4. The van der Waals surface area contributed by atoms with Crippen molar-refractivity contribution in [3.8, 4) is 6.07 Å². The minimum atomic E-state index is -4.29. The third kappa shape index (κ3) is 3.88.